The van der Waals surface area contributed by atoms with Crippen LogP contribution in [0.3, 0.4) is 0 Å². The molecule has 1 aliphatic carbocycles. The third-order valence-corrected chi connectivity index (χ3v) is 1.72. The summed E-state index contributed by atoms with van der Waals surface area (Å²) in [5.41, 5.74) is 0.947. The van der Waals surface area contributed by atoms with Crippen molar-refractivity contribution < 1.29 is 4.79 Å². The zero-order valence-corrected chi connectivity index (χ0v) is 6.26. The molecule has 1 aliphatic rings. The Balaban J connectivity index is 2.65. The summed E-state index contributed by atoms with van der Waals surface area (Å²) in [6.07, 6.45) is 5.26. The summed E-state index contributed by atoms with van der Waals surface area (Å²) in [4.78, 5) is 11.1. The number of hydrogen-bond donors (Lipinski definition) is 0. The average molecular weight is 136 g/mol. The van der Waals surface area contributed by atoms with Crippen LogP contribution >= 0.6 is 0 Å². The summed E-state index contributed by atoms with van der Waals surface area (Å²) in [5, 5.41) is 0. The van der Waals surface area contributed by atoms with Crippen molar-refractivity contribution in [3.05, 3.63) is 24.3 Å². The SMILES string of the molecule is C=CCC1=CC(C)CC1=O. The van der Waals surface area contributed by atoms with Gasteiger partial charge in [0.25, 0.3) is 0 Å². The first-order valence-corrected chi connectivity index (χ1v) is 3.59. The van der Waals surface area contributed by atoms with E-state index in [4.69, 9.17) is 0 Å². The lowest BCUT2D eigenvalue weighted by molar-refractivity contribution is -0.115. The number of rotatable bonds is 2. The van der Waals surface area contributed by atoms with E-state index >= 15 is 0 Å². The van der Waals surface area contributed by atoms with Gasteiger partial charge in [-0.1, -0.05) is 19.1 Å². The Morgan fingerprint density at radius 2 is 2.60 bits per heavy atom. The second kappa shape index (κ2) is 2.82. The van der Waals surface area contributed by atoms with Crippen LogP contribution in [0, 0.1) is 5.92 Å². The first-order chi connectivity index (χ1) is 4.74. The van der Waals surface area contributed by atoms with Crippen molar-refractivity contribution >= 4 is 5.78 Å². The Labute approximate surface area is 61.4 Å². The molecule has 0 N–H and O–H groups in total. The summed E-state index contributed by atoms with van der Waals surface area (Å²) in [6, 6.07) is 0. The van der Waals surface area contributed by atoms with Crippen molar-refractivity contribution in [3.63, 3.8) is 0 Å². The van der Waals surface area contributed by atoms with Crippen LogP contribution in [0.4, 0.5) is 0 Å². The molecular weight excluding hydrogens is 124 g/mol. The van der Waals surface area contributed by atoms with Gasteiger partial charge in [0.15, 0.2) is 5.78 Å². The van der Waals surface area contributed by atoms with Crippen molar-refractivity contribution in [3.8, 4) is 0 Å². The van der Waals surface area contributed by atoms with E-state index in [1.54, 1.807) is 6.08 Å². The largest absolute Gasteiger partial charge is 0.295 e. The molecule has 0 saturated carbocycles. The number of Topliss-reactive ketones (excluding diaryl/α,β-unsaturated/α-hetero) is 1. The lowest BCUT2D eigenvalue weighted by Gasteiger charge is -1.91. The van der Waals surface area contributed by atoms with Crippen LogP contribution in [0.25, 0.3) is 0 Å². The molecule has 1 rings (SSSR count). The Morgan fingerprint density at radius 3 is 3.00 bits per heavy atom. The fraction of sp³-hybridized carbons (Fsp3) is 0.444. The van der Waals surface area contributed by atoms with Crippen molar-refractivity contribution in [2.24, 2.45) is 5.92 Å². The molecule has 10 heavy (non-hydrogen) atoms. The van der Waals surface area contributed by atoms with Gasteiger partial charge in [0.1, 0.15) is 0 Å². The molecule has 0 aromatic heterocycles. The molecule has 54 valence electrons. The number of hydrogen-bond acceptors (Lipinski definition) is 1. The molecule has 0 bridgehead atoms. The standard InChI is InChI=1S/C9H12O/c1-3-4-8-5-7(2)6-9(8)10/h3,5,7H,1,4,6H2,2H3. The van der Waals surface area contributed by atoms with Gasteiger partial charge < -0.3 is 0 Å². The predicted octanol–water partition coefficient (Wildman–Crippen LogP) is 2.10. The van der Waals surface area contributed by atoms with Crippen molar-refractivity contribution in [2.45, 2.75) is 19.8 Å². The lowest BCUT2D eigenvalue weighted by atomic mass is 10.1. The smallest absolute Gasteiger partial charge is 0.159 e. The average Bonchev–Trinajstić information content (AvgIpc) is 2.13. The van der Waals surface area contributed by atoms with E-state index in [-0.39, 0.29) is 0 Å². The topological polar surface area (TPSA) is 17.1 Å². The Bertz CT molecular complexity index is 189. The van der Waals surface area contributed by atoms with Gasteiger partial charge in [-0.15, -0.1) is 6.58 Å². The summed E-state index contributed by atoms with van der Waals surface area (Å²) >= 11 is 0. The van der Waals surface area contributed by atoms with Gasteiger partial charge in [-0.25, -0.2) is 0 Å². The second-order valence-corrected chi connectivity index (χ2v) is 2.79. The first kappa shape index (κ1) is 7.26. The molecule has 1 atom stereocenters. The number of allylic oxidation sites excluding steroid dienone is 3. The number of carbonyl (C=O) groups excluding carboxylic acids is 1. The summed E-state index contributed by atoms with van der Waals surface area (Å²) < 4.78 is 0. The Kier molecular flexibility index (Phi) is 2.05. The molecular formula is C9H12O. The molecule has 0 spiro atoms. The molecule has 0 heterocycles. The maximum Gasteiger partial charge on any atom is 0.159 e. The highest BCUT2D eigenvalue weighted by Gasteiger charge is 2.18. The fourth-order valence-electron chi connectivity index (χ4n) is 1.26. The highest BCUT2D eigenvalue weighted by atomic mass is 16.1. The van der Waals surface area contributed by atoms with Crippen LogP contribution in [0.5, 0.6) is 0 Å². The van der Waals surface area contributed by atoms with E-state index in [1.165, 1.54) is 0 Å². The van der Waals surface area contributed by atoms with Crippen LogP contribution in [0.2, 0.25) is 0 Å². The summed E-state index contributed by atoms with van der Waals surface area (Å²) in [5.74, 6) is 0.745. The van der Waals surface area contributed by atoms with Gasteiger partial charge in [0, 0.05) is 6.42 Å². The second-order valence-electron chi connectivity index (χ2n) is 2.79. The number of carbonyl (C=O) groups is 1. The third-order valence-electron chi connectivity index (χ3n) is 1.72. The molecule has 0 aromatic carbocycles. The van der Waals surface area contributed by atoms with Crippen molar-refractivity contribution in [2.75, 3.05) is 0 Å². The van der Waals surface area contributed by atoms with Crippen molar-refractivity contribution in [1.29, 1.82) is 0 Å². The van der Waals surface area contributed by atoms with Gasteiger partial charge in [0.2, 0.25) is 0 Å². The quantitative estimate of drug-likeness (QED) is 0.531. The van der Waals surface area contributed by atoms with Crippen LogP contribution in [-0.4, -0.2) is 5.78 Å². The normalized spacial score (nSPS) is 24.7. The molecule has 1 heteroatoms. The Morgan fingerprint density at radius 1 is 1.90 bits per heavy atom. The van der Waals surface area contributed by atoms with Crippen molar-refractivity contribution in [1.82, 2.24) is 0 Å². The lowest BCUT2D eigenvalue weighted by Crippen LogP contribution is -1.95. The molecule has 0 amide bonds. The van der Waals surface area contributed by atoms with Gasteiger partial charge in [-0.05, 0) is 17.9 Å². The van der Waals surface area contributed by atoms with E-state index in [2.05, 4.69) is 13.5 Å². The van der Waals surface area contributed by atoms with E-state index < -0.39 is 0 Å². The van der Waals surface area contributed by atoms with Crippen LogP contribution < -0.4 is 0 Å². The third kappa shape index (κ3) is 1.35. The number of ketones is 1. The maximum atomic E-state index is 11.1. The van der Waals surface area contributed by atoms with E-state index in [9.17, 15) is 4.79 Å². The molecule has 0 saturated heterocycles. The summed E-state index contributed by atoms with van der Waals surface area (Å²) in [7, 11) is 0. The van der Waals surface area contributed by atoms with Gasteiger partial charge >= 0.3 is 0 Å². The van der Waals surface area contributed by atoms with Crippen LogP contribution in [-0.2, 0) is 4.79 Å². The molecule has 0 aliphatic heterocycles. The molecule has 1 unspecified atom stereocenters. The summed E-state index contributed by atoms with van der Waals surface area (Å²) in [6.45, 7) is 5.65. The zero-order chi connectivity index (χ0) is 7.56. The van der Waals surface area contributed by atoms with Gasteiger partial charge in [-0.2, -0.15) is 0 Å². The van der Waals surface area contributed by atoms with E-state index in [1.807, 2.05) is 6.08 Å². The molecule has 0 radical (unpaired) electrons. The zero-order valence-electron chi connectivity index (χ0n) is 6.26. The highest BCUT2D eigenvalue weighted by molar-refractivity contribution is 5.98. The fourth-order valence-corrected chi connectivity index (χ4v) is 1.26. The van der Waals surface area contributed by atoms with Crippen LogP contribution in [0.1, 0.15) is 19.8 Å². The molecule has 1 nitrogen and oxygen atoms in total. The monoisotopic (exact) mass is 136 g/mol. The highest BCUT2D eigenvalue weighted by Crippen LogP contribution is 2.22. The first-order valence-electron chi connectivity index (χ1n) is 3.59. The van der Waals surface area contributed by atoms with Gasteiger partial charge in [0.05, 0.1) is 0 Å². The minimum atomic E-state index is 0.299. The predicted molar refractivity (Wildman–Crippen MR) is 41.7 cm³/mol. The minimum absolute atomic E-state index is 0.299. The Hall–Kier alpha value is -0.850. The molecule has 0 fully saturated rings. The van der Waals surface area contributed by atoms with Gasteiger partial charge in [-0.3, -0.25) is 4.79 Å². The maximum absolute atomic E-state index is 11.1. The van der Waals surface area contributed by atoms with Crippen LogP contribution in [0.15, 0.2) is 24.3 Å². The molecule has 0 aromatic rings. The van der Waals surface area contributed by atoms with E-state index in [0.717, 1.165) is 12.0 Å². The van der Waals surface area contributed by atoms with E-state index in [0.29, 0.717) is 18.1 Å². The minimum Gasteiger partial charge on any atom is -0.295 e.